The van der Waals surface area contributed by atoms with Crippen LogP contribution in [0.5, 0.6) is 0 Å². The van der Waals surface area contributed by atoms with Gasteiger partial charge in [-0.05, 0) is 55.8 Å². The van der Waals surface area contributed by atoms with Gasteiger partial charge in [0.15, 0.2) is 0 Å². The summed E-state index contributed by atoms with van der Waals surface area (Å²) in [6.07, 6.45) is 1.56. The molecule has 1 N–H and O–H groups in total. The molecular formula is C18H16FN3O. The van der Waals surface area contributed by atoms with Gasteiger partial charge in [0, 0.05) is 11.9 Å². The summed E-state index contributed by atoms with van der Waals surface area (Å²) in [6, 6.07) is 13.5. The van der Waals surface area contributed by atoms with E-state index in [1.165, 1.54) is 16.8 Å². The topological polar surface area (TPSA) is 50.1 Å². The molecule has 4 nitrogen and oxygen atoms in total. The van der Waals surface area contributed by atoms with Crippen LogP contribution in [0.3, 0.4) is 0 Å². The molecule has 2 aromatic carbocycles. The van der Waals surface area contributed by atoms with Gasteiger partial charge in [-0.3, -0.25) is 14.9 Å². The van der Waals surface area contributed by atoms with E-state index in [1.807, 2.05) is 31.2 Å². The van der Waals surface area contributed by atoms with Gasteiger partial charge in [0.1, 0.15) is 5.82 Å². The Labute approximate surface area is 132 Å². The first-order chi connectivity index (χ1) is 11.0. The van der Waals surface area contributed by atoms with Crippen molar-refractivity contribution in [3.8, 4) is 5.69 Å². The summed E-state index contributed by atoms with van der Waals surface area (Å²) in [7, 11) is 0. The lowest BCUT2D eigenvalue weighted by atomic mass is 10.2. The number of H-pyrrole nitrogens is 1. The van der Waals surface area contributed by atoms with E-state index in [0.29, 0.717) is 16.9 Å². The second-order valence-electron chi connectivity index (χ2n) is 5.36. The fraction of sp³-hybridized carbons (Fsp3) is 0.111. The van der Waals surface area contributed by atoms with Crippen molar-refractivity contribution in [1.82, 2.24) is 9.78 Å². The van der Waals surface area contributed by atoms with Crippen LogP contribution < -0.4 is 5.56 Å². The fourth-order valence-electron chi connectivity index (χ4n) is 2.33. The van der Waals surface area contributed by atoms with E-state index in [1.54, 1.807) is 25.3 Å². The highest BCUT2D eigenvalue weighted by Crippen LogP contribution is 2.14. The van der Waals surface area contributed by atoms with Gasteiger partial charge in [0.25, 0.3) is 5.56 Å². The average Bonchev–Trinajstić information content (AvgIpc) is 2.81. The van der Waals surface area contributed by atoms with Crippen molar-refractivity contribution in [2.75, 3.05) is 0 Å². The quantitative estimate of drug-likeness (QED) is 0.737. The number of nitrogens with one attached hydrogen (secondary N) is 1. The third-order valence-corrected chi connectivity index (χ3v) is 3.55. The predicted octanol–water partition coefficient (Wildman–Crippen LogP) is 3.67. The smallest absolute Gasteiger partial charge is 0.280 e. The molecule has 1 aromatic heterocycles. The number of nitrogens with zero attached hydrogens (tertiary/aromatic N) is 2. The molecule has 0 saturated carbocycles. The van der Waals surface area contributed by atoms with Crippen molar-refractivity contribution in [2.24, 2.45) is 4.99 Å². The maximum Gasteiger partial charge on any atom is 0.280 e. The largest absolute Gasteiger partial charge is 0.295 e. The fourth-order valence-corrected chi connectivity index (χ4v) is 2.33. The maximum atomic E-state index is 13.0. The van der Waals surface area contributed by atoms with Gasteiger partial charge < -0.3 is 0 Å². The monoisotopic (exact) mass is 309 g/mol. The third kappa shape index (κ3) is 3.13. The first kappa shape index (κ1) is 15.0. The molecule has 0 fully saturated rings. The van der Waals surface area contributed by atoms with Gasteiger partial charge in [-0.2, -0.15) is 0 Å². The molecule has 0 radical (unpaired) electrons. The van der Waals surface area contributed by atoms with E-state index < -0.39 is 0 Å². The molecule has 0 aliphatic rings. The Balaban J connectivity index is 1.98. The lowest BCUT2D eigenvalue weighted by Crippen LogP contribution is -2.17. The molecule has 0 amide bonds. The summed E-state index contributed by atoms with van der Waals surface area (Å²) in [4.78, 5) is 16.9. The van der Waals surface area contributed by atoms with E-state index in [9.17, 15) is 9.18 Å². The SMILES string of the molecule is Cc1cccc(N=Cc2c(C)[nH]n(-c3ccc(F)cc3)c2=O)c1. The van der Waals surface area contributed by atoms with Gasteiger partial charge in [-0.15, -0.1) is 0 Å². The molecule has 0 aliphatic heterocycles. The second kappa shape index (κ2) is 6.04. The normalized spacial score (nSPS) is 11.3. The zero-order valence-electron chi connectivity index (χ0n) is 12.9. The van der Waals surface area contributed by atoms with Gasteiger partial charge in [0.2, 0.25) is 0 Å². The summed E-state index contributed by atoms with van der Waals surface area (Å²) in [5, 5.41) is 2.99. The van der Waals surface area contributed by atoms with E-state index in [-0.39, 0.29) is 11.4 Å². The number of hydrogen-bond donors (Lipinski definition) is 1. The van der Waals surface area contributed by atoms with Crippen LogP contribution in [-0.2, 0) is 0 Å². The van der Waals surface area contributed by atoms with Gasteiger partial charge >= 0.3 is 0 Å². The summed E-state index contributed by atoms with van der Waals surface area (Å²) >= 11 is 0. The lowest BCUT2D eigenvalue weighted by Gasteiger charge is -2.00. The standard InChI is InChI=1S/C18H16FN3O/c1-12-4-3-5-15(10-12)20-11-17-13(2)21-22(18(17)23)16-8-6-14(19)7-9-16/h3-11,21H,1-2H3. The number of hydrogen-bond acceptors (Lipinski definition) is 2. The number of rotatable bonds is 3. The molecule has 3 rings (SSSR count). The Kier molecular flexibility index (Phi) is 3.93. The minimum absolute atomic E-state index is 0.217. The van der Waals surface area contributed by atoms with E-state index in [4.69, 9.17) is 0 Å². The first-order valence-corrected chi connectivity index (χ1v) is 7.23. The molecule has 1 heterocycles. The van der Waals surface area contributed by atoms with Crippen molar-refractivity contribution in [1.29, 1.82) is 0 Å². The maximum absolute atomic E-state index is 13.0. The van der Waals surface area contributed by atoms with Crippen molar-refractivity contribution in [3.05, 3.63) is 81.5 Å². The molecule has 116 valence electrons. The predicted molar refractivity (Wildman–Crippen MR) is 89.5 cm³/mol. The number of aryl methyl sites for hydroxylation is 2. The Bertz CT molecular complexity index is 920. The van der Waals surface area contributed by atoms with Crippen LogP contribution in [0.2, 0.25) is 0 Å². The van der Waals surface area contributed by atoms with Crippen molar-refractivity contribution < 1.29 is 4.39 Å². The number of benzene rings is 2. The number of aromatic amines is 1. The molecule has 23 heavy (non-hydrogen) atoms. The van der Waals surface area contributed by atoms with Gasteiger partial charge in [0.05, 0.1) is 16.9 Å². The summed E-state index contributed by atoms with van der Waals surface area (Å²) < 4.78 is 14.4. The summed E-state index contributed by atoms with van der Waals surface area (Å²) in [5.74, 6) is -0.341. The number of halogens is 1. The van der Waals surface area contributed by atoms with Crippen molar-refractivity contribution in [2.45, 2.75) is 13.8 Å². The van der Waals surface area contributed by atoms with E-state index in [2.05, 4.69) is 10.1 Å². The van der Waals surface area contributed by atoms with Crippen LogP contribution in [0.1, 0.15) is 16.8 Å². The van der Waals surface area contributed by atoms with Gasteiger partial charge in [-0.25, -0.2) is 9.07 Å². The Hall–Kier alpha value is -2.95. The highest BCUT2D eigenvalue weighted by Gasteiger charge is 2.10. The Morgan fingerprint density at radius 3 is 2.57 bits per heavy atom. The number of aromatic nitrogens is 2. The second-order valence-corrected chi connectivity index (χ2v) is 5.36. The van der Waals surface area contributed by atoms with E-state index >= 15 is 0 Å². The molecule has 0 aliphatic carbocycles. The molecule has 0 bridgehead atoms. The first-order valence-electron chi connectivity index (χ1n) is 7.23. The minimum Gasteiger partial charge on any atom is -0.295 e. The molecule has 3 aromatic rings. The number of aliphatic imine (C=N–C) groups is 1. The van der Waals surface area contributed by atoms with Crippen molar-refractivity contribution >= 4 is 11.9 Å². The Morgan fingerprint density at radius 1 is 1.13 bits per heavy atom. The minimum atomic E-state index is -0.341. The van der Waals surface area contributed by atoms with E-state index in [0.717, 1.165) is 11.3 Å². The molecular weight excluding hydrogens is 293 g/mol. The summed E-state index contributed by atoms with van der Waals surface area (Å²) in [6.45, 7) is 3.79. The highest BCUT2D eigenvalue weighted by molar-refractivity contribution is 5.83. The lowest BCUT2D eigenvalue weighted by molar-refractivity contribution is 0.627. The Morgan fingerprint density at radius 2 is 1.87 bits per heavy atom. The van der Waals surface area contributed by atoms with Crippen LogP contribution >= 0.6 is 0 Å². The molecule has 0 spiro atoms. The van der Waals surface area contributed by atoms with Crippen LogP contribution in [0.25, 0.3) is 5.69 Å². The zero-order chi connectivity index (χ0) is 16.4. The van der Waals surface area contributed by atoms with Crippen LogP contribution in [0.15, 0.2) is 58.3 Å². The molecule has 0 atom stereocenters. The van der Waals surface area contributed by atoms with Crippen molar-refractivity contribution in [3.63, 3.8) is 0 Å². The zero-order valence-corrected chi connectivity index (χ0v) is 12.9. The molecule has 5 heteroatoms. The van der Waals surface area contributed by atoms with Crippen LogP contribution in [0.4, 0.5) is 10.1 Å². The van der Waals surface area contributed by atoms with Crippen LogP contribution in [0, 0.1) is 19.7 Å². The van der Waals surface area contributed by atoms with Crippen LogP contribution in [-0.4, -0.2) is 16.0 Å². The molecule has 0 unspecified atom stereocenters. The average molecular weight is 309 g/mol. The molecule has 0 saturated heterocycles. The van der Waals surface area contributed by atoms with Gasteiger partial charge in [-0.1, -0.05) is 12.1 Å². The summed E-state index contributed by atoms with van der Waals surface area (Å²) in [5.41, 5.74) is 3.44. The highest BCUT2D eigenvalue weighted by atomic mass is 19.1. The third-order valence-electron chi connectivity index (χ3n) is 3.55.